The molecule has 1 aliphatic heterocycles. The molecular weight excluding hydrogens is 334 g/mol. The molecule has 134 valence electrons. The first kappa shape index (κ1) is 17.1. The van der Waals surface area contributed by atoms with Crippen LogP contribution in [0.4, 0.5) is 5.69 Å². The third-order valence-electron chi connectivity index (χ3n) is 4.97. The Morgan fingerprint density at radius 2 is 1.41 bits per heavy atom. The van der Waals surface area contributed by atoms with E-state index >= 15 is 0 Å². The fourth-order valence-corrected chi connectivity index (χ4v) is 3.75. The van der Waals surface area contributed by atoms with Gasteiger partial charge < -0.3 is 9.64 Å². The summed E-state index contributed by atoms with van der Waals surface area (Å²) in [5, 5.41) is 0. The predicted molar refractivity (Wildman–Crippen MR) is 108 cm³/mol. The highest BCUT2D eigenvalue weighted by Gasteiger charge is 2.38. The van der Waals surface area contributed by atoms with Crippen LogP contribution in [-0.4, -0.2) is 19.6 Å². The first-order chi connectivity index (χ1) is 13.3. The Balaban J connectivity index is 1.93. The number of hydrogen-bond donors (Lipinski definition) is 0. The summed E-state index contributed by atoms with van der Waals surface area (Å²) in [5.41, 5.74) is 4.85. The lowest BCUT2D eigenvalue weighted by Gasteiger charge is -2.21. The van der Waals surface area contributed by atoms with E-state index in [9.17, 15) is 4.79 Å². The molecule has 0 saturated heterocycles. The number of nitrogens with zero attached hydrogens (tertiary/aromatic N) is 1. The average molecular weight is 355 g/mol. The van der Waals surface area contributed by atoms with Crippen molar-refractivity contribution in [3.63, 3.8) is 0 Å². The minimum Gasteiger partial charge on any atom is -0.464 e. The summed E-state index contributed by atoms with van der Waals surface area (Å²) in [5.74, 6) is -0.223. The third-order valence-corrected chi connectivity index (χ3v) is 4.97. The van der Waals surface area contributed by atoms with Crippen LogP contribution in [-0.2, 0) is 9.53 Å². The molecule has 0 aliphatic carbocycles. The molecule has 0 N–H and O–H groups in total. The summed E-state index contributed by atoms with van der Waals surface area (Å²) in [6.07, 6.45) is 0. The highest BCUT2D eigenvalue weighted by Crippen LogP contribution is 2.44. The zero-order chi connectivity index (χ0) is 18.6. The minimum atomic E-state index is -0.309. The van der Waals surface area contributed by atoms with Crippen LogP contribution in [0.5, 0.6) is 0 Å². The molecule has 27 heavy (non-hydrogen) atoms. The van der Waals surface area contributed by atoms with Crippen LogP contribution in [0.3, 0.4) is 0 Å². The Morgan fingerprint density at radius 3 is 2.00 bits per heavy atom. The Kier molecular flexibility index (Phi) is 4.75. The Bertz CT molecular complexity index is 949. The van der Waals surface area contributed by atoms with Gasteiger partial charge in [0.15, 0.2) is 0 Å². The normalized spacial score (nSPS) is 16.5. The summed E-state index contributed by atoms with van der Waals surface area (Å²) < 4.78 is 5.18. The smallest absolute Gasteiger partial charge is 0.355 e. The molecule has 0 spiro atoms. The Hall–Kier alpha value is -3.33. The lowest BCUT2D eigenvalue weighted by atomic mass is 9.88. The number of benzene rings is 3. The summed E-state index contributed by atoms with van der Waals surface area (Å²) in [7, 11) is 1.44. The van der Waals surface area contributed by atoms with Crippen molar-refractivity contribution in [3.05, 3.63) is 108 Å². The van der Waals surface area contributed by atoms with E-state index in [1.54, 1.807) is 0 Å². The fraction of sp³-hybridized carbons (Fsp3) is 0.125. The maximum absolute atomic E-state index is 12.8. The quantitative estimate of drug-likeness (QED) is 0.625. The van der Waals surface area contributed by atoms with Crippen LogP contribution in [0.15, 0.2) is 96.7 Å². The number of para-hydroxylation sites is 1. The second kappa shape index (κ2) is 7.50. The van der Waals surface area contributed by atoms with E-state index in [2.05, 4.69) is 29.2 Å². The van der Waals surface area contributed by atoms with Gasteiger partial charge in [-0.1, -0.05) is 78.9 Å². The van der Waals surface area contributed by atoms with Crippen molar-refractivity contribution in [1.82, 2.24) is 0 Å². The first-order valence-corrected chi connectivity index (χ1v) is 9.05. The number of methoxy groups -OCH3 is 1. The minimum absolute atomic E-state index is 0.0860. The van der Waals surface area contributed by atoms with Crippen molar-refractivity contribution in [3.8, 4) is 0 Å². The highest BCUT2D eigenvalue weighted by molar-refractivity contribution is 6.04. The molecule has 1 atom stereocenters. The molecule has 0 amide bonds. The average Bonchev–Trinajstić information content (AvgIpc) is 3.16. The molecule has 0 unspecified atom stereocenters. The van der Waals surface area contributed by atoms with E-state index in [0.29, 0.717) is 12.2 Å². The number of carbonyl (C=O) groups is 1. The zero-order valence-corrected chi connectivity index (χ0v) is 15.2. The van der Waals surface area contributed by atoms with Gasteiger partial charge in [0.1, 0.15) is 5.70 Å². The molecule has 0 saturated carbocycles. The zero-order valence-electron chi connectivity index (χ0n) is 15.2. The fourth-order valence-electron chi connectivity index (χ4n) is 3.75. The maximum Gasteiger partial charge on any atom is 0.355 e. The van der Waals surface area contributed by atoms with E-state index in [-0.39, 0.29) is 11.9 Å². The second-order valence-electron chi connectivity index (χ2n) is 6.53. The molecule has 0 radical (unpaired) electrons. The second-order valence-corrected chi connectivity index (χ2v) is 6.53. The number of carbonyl (C=O) groups excluding carboxylic acids is 1. The number of ether oxygens (including phenoxy) is 1. The van der Waals surface area contributed by atoms with Crippen LogP contribution < -0.4 is 4.90 Å². The van der Waals surface area contributed by atoms with E-state index in [1.807, 2.05) is 66.7 Å². The monoisotopic (exact) mass is 355 g/mol. The number of hydrogen-bond acceptors (Lipinski definition) is 3. The lowest BCUT2D eigenvalue weighted by Crippen LogP contribution is -2.25. The maximum atomic E-state index is 12.8. The molecule has 4 rings (SSSR count). The topological polar surface area (TPSA) is 29.5 Å². The standard InChI is InChI=1S/C24H21NO2/c1-27-24(26)23-22(19-13-7-3-8-14-19)21(18-11-5-2-6-12-18)17-25(23)20-15-9-4-10-16-20/h2-16,21H,17H2,1H3/t21-/m0/s1. The van der Waals surface area contributed by atoms with Crippen LogP contribution >= 0.6 is 0 Å². The Morgan fingerprint density at radius 1 is 0.852 bits per heavy atom. The predicted octanol–water partition coefficient (Wildman–Crippen LogP) is 4.87. The van der Waals surface area contributed by atoms with Crippen molar-refractivity contribution in [2.45, 2.75) is 5.92 Å². The van der Waals surface area contributed by atoms with E-state index < -0.39 is 0 Å². The van der Waals surface area contributed by atoms with Gasteiger partial charge >= 0.3 is 5.97 Å². The van der Waals surface area contributed by atoms with Crippen LogP contribution in [0.1, 0.15) is 17.0 Å². The molecule has 0 fully saturated rings. The van der Waals surface area contributed by atoms with Crippen molar-refractivity contribution in [2.75, 3.05) is 18.6 Å². The van der Waals surface area contributed by atoms with Gasteiger partial charge in [-0.3, -0.25) is 0 Å². The van der Waals surface area contributed by atoms with Gasteiger partial charge in [-0.05, 0) is 28.8 Å². The van der Waals surface area contributed by atoms with Crippen molar-refractivity contribution in [1.29, 1.82) is 0 Å². The Labute approximate surface area is 159 Å². The molecule has 1 aliphatic rings. The SMILES string of the molecule is COC(=O)C1=C(c2ccccc2)[C@H](c2ccccc2)CN1c1ccccc1. The molecule has 1 heterocycles. The van der Waals surface area contributed by atoms with Gasteiger partial charge in [-0.15, -0.1) is 0 Å². The largest absolute Gasteiger partial charge is 0.464 e. The number of rotatable bonds is 4. The first-order valence-electron chi connectivity index (χ1n) is 9.05. The van der Waals surface area contributed by atoms with Crippen molar-refractivity contribution < 1.29 is 9.53 Å². The molecule has 0 aromatic heterocycles. The van der Waals surface area contributed by atoms with Gasteiger partial charge in [0.25, 0.3) is 0 Å². The van der Waals surface area contributed by atoms with Gasteiger partial charge in [-0.2, -0.15) is 0 Å². The van der Waals surface area contributed by atoms with Gasteiger partial charge in [0.05, 0.1) is 7.11 Å². The molecule has 3 aromatic carbocycles. The van der Waals surface area contributed by atoms with Crippen molar-refractivity contribution in [2.24, 2.45) is 0 Å². The number of anilines is 1. The molecule has 3 aromatic rings. The summed E-state index contributed by atoms with van der Waals surface area (Å²) in [6.45, 7) is 0.697. The lowest BCUT2D eigenvalue weighted by molar-refractivity contribution is -0.136. The molecule has 3 nitrogen and oxygen atoms in total. The van der Waals surface area contributed by atoms with E-state index in [1.165, 1.54) is 12.7 Å². The van der Waals surface area contributed by atoms with Gasteiger partial charge in [0.2, 0.25) is 0 Å². The van der Waals surface area contributed by atoms with Gasteiger partial charge in [-0.25, -0.2) is 4.79 Å². The van der Waals surface area contributed by atoms with E-state index in [4.69, 9.17) is 4.74 Å². The van der Waals surface area contributed by atoms with Crippen LogP contribution in [0.25, 0.3) is 5.57 Å². The van der Waals surface area contributed by atoms with Crippen LogP contribution in [0.2, 0.25) is 0 Å². The highest BCUT2D eigenvalue weighted by atomic mass is 16.5. The third kappa shape index (κ3) is 3.24. The summed E-state index contributed by atoms with van der Waals surface area (Å²) >= 11 is 0. The van der Waals surface area contributed by atoms with Crippen LogP contribution in [0, 0.1) is 0 Å². The number of esters is 1. The molecule has 0 bridgehead atoms. The van der Waals surface area contributed by atoms with Gasteiger partial charge in [0, 0.05) is 18.2 Å². The molecular formula is C24H21NO2. The van der Waals surface area contributed by atoms with E-state index in [0.717, 1.165) is 16.8 Å². The summed E-state index contributed by atoms with van der Waals surface area (Å²) in [6, 6.07) is 30.5. The summed E-state index contributed by atoms with van der Waals surface area (Å²) in [4.78, 5) is 14.9. The van der Waals surface area contributed by atoms with Crippen molar-refractivity contribution >= 4 is 17.2 Å². The molecule has 3 heteroatoms.